The number of methoxy groups -OCH3 is 1. The molecular weight excluding hydrogens is 390 g/mol. The molecule has 1 atom stereocenters. The number of rotatable bonds is 6. The number of amides is 2. The molecule has 1 heterocycles. The smallest absolute Gasteiger partial charge is 0.262 e. The van der Waals surface area contributed by atoms with Crippen LogP contribution in [0.15, 0.2) is 47.6 Å². The summed E-state index contributed by atoms with van der Waals surface area (Å²) in [5.74, 6) is 0.659. The first-order valence-corrected chi connectivity index (χ1v) is 10.7. The van der Waals surface area contributed by atoms with Gasteiger partial charge in [0, 0.05) is 24.9 Å². The fourth-order valence-corrected chi connectivity index (χ4v) is 4.01. The maximum Gasteiger partial charge on any atom is 0.262 e. The average molecular weight is 420 g/mol. The first-order chi connectivity index (χ1) is 14.9. The zero-order valence-corrected chi connectivity index (χ0v) is 18.6. The van der Waals surface area contributed by atoms with Crippen molar-refractivity contribution in [2.24, 2.45) is 11.0 Å². The lowest BCUT2D eigenvalue weighted by atomic mass is 9.96. The van der Waals surface area contributed by atoms with Crippen molar-refractivity contribution in [3.05, 3.63) is 64.7 Å². The summed E-state index contributed by atoms with van der Waals surface area (Å²) in [5.41, 5.74) is 5.20. The van der Waals surface area contributed by atoms with Crippen molar-refractivity contribution < 1.29 is 14.3 Å². The minimum Gasteiger partial charge on any atom is -0.496 e. The Morgan fingerprint density at radius 1 is 1.13 bits per heavy atom. The van der Waals surface area contributed by atoms with Crippen LogP contribution < -0.4 is 4.74 Å². The van der Waals surface area contributed by atoms with E-state index in [9.17, 15) is 9.59 Å². The quantitative estimate of drug-likeness (QED) is 0.714. The number of ether oxygens (including phenoxy) is 1. The maximum absolute atomic E-state index is 13.3. The molecule has 0 saturated heterocycles. The molecule has 1 fully saturated rings. The Kier molecular flexibility index (Phi) is 5.81. The van der Waals surface area contributed by atoms with Gasteiger partial charge in [-0.05, 0) is 55.5 Å². The third kappa shape index (κ3) is 4.33. The number of para-hydroxylation sites is 1. The molecule has 162 valence electrons. The summed E-state index contributed by atoms with van der Waals surface area (Å²) >= 11 is 0. The number of carbonyl (C=O) groups is 2. The fourth-order valence-electron chi connectivity index (χ4n) is 4.01. The van der Waals surface area contributed by atoms with Crippen LogP contribution in [0.2, 0.25) is 0 Å². The van der Waals surface area contributed by atoms with Gasteiger partial charge in [0.25, 0.3) is 5.91 Å². The molecule has 2 aromatic rings. The molecule has 0 aromatic heterocycles. The van der Waals surface area contributed by atoms with Gasteiger partial charge in [0.15, 0.2) is 0 Å². The third-order valence-electron chi connectivity index (χ3n) is 6.18. The van der Waals surface area contributed by atoms with Crippen molar-refractivity contribution in [1.82, 2.24) is 9.91 Å². The first kappa shape index (κ1) is 21.1. The van der Waals surface area contributed by atoms with Crippen LogP contribution in [-0.2, 0) is 9.59 Å². The maximum atomic E-state index is 13.3. The number of hydrogen-bond donors (Lipinski definition) is 0. The first-order valence-electron chi connectivity index (χ1n) is 10.7. The summed E-state index contributed by atoms with van der Waals surface area (Å²) in [6.07, 6.45) is 2.43. The zero-order valence-electron chi connectivity index (χ0n) is 18.6. The van der Waals surface area contributed by atoms with Crippen LogP contribution in [-0.4, -0.2) is 48.1 Å². The van der Waals surface area contributed by atoms with Gasteiger partial charge >= 0.3 is 0 Å². The van der Waals surface area contributed by atoms with Gasteiger partial charge in [0.05, 0.1) is 18.9 Å². The lowest BCUT2D eigenvalue weighted by Gasteiger charge is -2.26. The highest BCUT2D eigenvalue weighted by Crippen LogP contribution is 2.38. The molecule has 0 bridgehead atoms. The van der Waals surface area contributed by atoms with Crippen molar-refractivity contribution >= 4 is 17.5 Å². The topological polar surface area (TPSA) is 62.2 Å². The van der Waals surface area contributed by atoms with Crippen LogP contribution in [0.3, 0.4) is 0 Å². The summed E-state index contributed by atoms with van der Waals surface area (Å²) in [6.45, 7) is 4.17. The summed E-state index contributed by atoms with van der Waals surface area (Å²) < 4.78 is 5.57. The second-order valence-electron chi connectivity index (χ2n) is 8.51. The van der Waals surface area contributed by atoms with Gasteiger partial charge < -0.3 is 9.64 Å². The summed E-state index contributed by atoms with van der Waals surface area (Å²) in [4.78, 5) is 27.2. The molecule has 31 heavy (non-hydrogen) atoms. The van der Waals surface area contributed by atoms with Gasteiger partial charge in [-0.15, -0.1) is 0 Å². The Morgan fingerprint density at radius 2 is 1.87 bits per heavy atom. The molecule has 1 saturated carbocycles. The standard InChI is InChI=1S/C25H29N3O3/c1-16-9-10-19(13-17(16)2)21-14-22(20-7-5-6-8-23(20)31-4)28(26-21)24(29)15-27(3)25(30)18-11-12-18/h5-10,13,18,22H,11-12,14-15H2,1-4H3. The second-order valence-corrected chi connectivity index (χ2v) is 8.51. The molecule has 4 rings (SSSR count). The van der Waals surface area contributed by atoms with Crippen molar-refractivity contribution in [2.45, 2.75) is 39.2 Å². The van der Waals surface area contributed by atoms with Crippen molar-refractivity contribution in [2.75, 3.05) is 20.7 Å². The molecule has 0 radical (unpaired) electrons. The molecule has 0 spiro atoms. The number of carbonyl (C=O) groups excluding carboxylic acids is 2. The molecule has 2 amide bonds. The molecule has 2 aromatic carbocycles. The minimum atomic E-state index is -0.273. The predicted octanol–water partition coefficient (Wildman–Crippen LogP) is 3.86. The highest BCUT2D eigenvalue weighted by atomic mass is 16.5. The highest BCUT2D eigenvalue weighted by Gasteiger charge is 2.37. The van der Waals surface area contributed by atoms with E-state index >= 15 is 0 Å². The van der Waals surface area contributed by atoms with Crippen LogP contribution in [0.4, 0.5) is 0 Å². The Hall–Kier alpha value is -3.15. The van der Waals surface area contributed by atoms with E-state index in [2.05, 4.69) is 32.0 Å². The van der Waals surface area contributed by atoms with Crippen molar-refractivity contribution in [3.63, 3.8) is 0 Å². The van der Waals surface area contributed by atoms with E-state index in [1.807, 2.05) is 24.3 Å². The summed E-state index contributed by atoms with van der Waals surface area (Å²) in [5, 5.41) is 6.28. The molecule has 6 heteroatoms. The van der Waals surface area contributed by atoms with E-state index in [1.165, 1.54) is 16.0 Å². The van der Waals surface area contributed by atoms with Crippen molar-refractivity contribution in [3.8, 4) is 5.75 Å². The number of benzene rings is 2. The largest absolute Gasteiger partial charge is 0.496 e. The van der Waals surface area contributed by atoms with Crippen LogP contribution in [0, 0.1) is 19.8 Å². The number of aryl methyl sites for hydroxylation is 2. The average Bonchev–Trinajstić information content (AvgIpc) is 3.53. The molecule has 1 unspecified atom stereocenters. The third-order valence-corrected chi connectivity index (χ3v) is 6.18. The SMILES string of the molecule is COc1ccccc1C1CC(c2ccc(C)c(C)c2)=NN1C(=O)CN(C)C(=O)C1CC1. The summed E-state index contributed by atoms with van der Waals surface area (Å²) in [7, 11) is 3.33. The number of hydrogen-bond acceptors (Lipinski definition) is 4. The highest BCUT2D eigenvalue weighted by molar-refractivity contribution is 6.03. The van der Waals surface area contributed by atoms with Gasteiger partial charge in [-0.25, -0.2) is 5.01 Å². The van der Waals surface area contributed by atoms with Gasteiger partial charge in [-0.1, -0.05) is 30.3 Å². The molecule has 0 N–H and O–H groups in total. The Morgan fingerprint density at radius 3 is 2.55 bits per heavy atom. The molecule has 2 aliphatic rings. The van der Waals surface area contributed by atoms with Crippen LogP contribution in [0.5, 0.6) is 5.75 Å². The van der Waals surface area contributed by atoms with Gasteiger partial charge in [-0.3, -0.25) is 9.59 Å². The van der Waals surface area contributed by atoms with Crippen molar-refractivity contribution in [1.29, 1.82) is 0 Å². The van der Waals surface area contributed by atoms with Gasteiger partial charge in [0.2, 0.25) is 5.91 Å². The fraction of sp³-hybridized carbons (Fsp3) is 0.400. The Balaban J connectivity index is 1.65. The second kappa shape index (κ2) is 8.53. The Bertz CT molecular complexity index is 1040. The lowest BCUT2D eigenvalue weighted by Crippen LogP contribution is -2.39. The number of nitrogens with zero attached hydrogens (tertiary/aromatic N) is 3. The monoisotopic (exact) mass is 419 g/mol. The van der Waals surface area contributed by atoms with Gasteiger partial charge in [0.1, 0.15) is 12.3 Å². The predicted molar refractivity (Wildman–Crippen MR) is 120 cm³/mol. The molecule has 1 aliphatic heterocycles. The minimum absolute atomic E-state index is 0.0185. The Labute approximate surface area is 183 Å². The normalized spacial score (nSPS) is 18.0. The van der Waals surface area contributed by atoms with Crippen LogP contribution in [0.25, 0.3) is 0 Å². The number of likely N-dealkylation sites (N-methyl/N-ethyl adjacent to an activating group) is 1. The zero-order chi connectivity index (χ0) is 22.1. The van der Waals surface area contributed by atoms with Crippen LogP contribution in [0.1, 0.15) is 47.6 Å². The van der Waals surface area contributed by atoms with Crippen LogP contribution >= 0.6 is 0 Å². The van der Waals surface area contributed by atoms with E-state index in [1.54, 1.807) is 19.2 Å². The number of hydrazone groups is 1. The van der Waals surface area contributed by atoms with E-state index in [0.717, 1.165) is 35.4 Å². The van der Waals surface area contributed by atoms with E-state index in [4.69, 9.17) is 9.84 Å². The molecule has 6 nitrogen and oxygen atoms in total. The molecular formula is C25H29N3O3. The van der Waals surface area contributed by atoms with E-state index < -0.39 is 0 Å². The van der Waals surface area contributed by atoms with E-state index in [0.29, 0.717) is 6.42 Å². The van der Waals surface area contributed by atoms with Gasteiger partial charge in [-0.2, -0.15) is 5.10 Å². The lowest BCUT2D eigenvalue weighted by molar-refractivity contribution is -0.141. The van der Waals surface area contributed by atoms with E-state index in [-0.39, 0.29) is 30.3 Å². The summed E-state index contributed by atoms with van der Waals surface area (Å²) in [6, 6.07) is 13.7. The molecule has 1 aliphatic carbocycles.